The van der Waals surface area contributed by atoms with Gasteiger partial charge in [-0.25, -0.2) is 0 Å². The van der Waals surface area contributed by atoms with E-state index in [1.807, 2.05) is 6.07 Å². The zero-order chi connectivity index (χ0) is 13.8. The summed E-state index contributed by atoms with van der Waals surface area (Å²) in [6, 6.07) is 4.32. The smallest absolute Gasteiger partial charge is 0.122 e. The standard InChI is InChI=1S/C16H26N2O/c1-11-12(2)16(19-3)5-4-14(11)15(17)10-13-6-8-18-9-7-13/h4-5,13,15,18H,6-10,17H2,1-3H3. The van der Waals surface area contributed by atoms with Crippen LogP contribution in [0.25, 0.3) is 0 Å². The molecule has 1 aliphatic rings. The fraction of sp³-hybridized carbons (Fsp3) is 0.625. The van der Waals surface area contributed by atoms with Crippen LogP contribution in [0.4, 0.5) is 0 Å². The molecule has 3 heteroatoms. The van der Waals surface area contributed by atoms with Gasteiger partial charge in [0.25, 0.3) is 0 Å². The fourth-order valence-electron chi connectivity index (χ4n) is 3.04. The zero-order valence-electron chi connectivity index (χ0n) is 12.3. The van der Waals surface area contributed by atoms with Crippen LogP contribution >= 0.6 is 0 Å². The van der Waals surface area contributed by atoms with Crippen LogP contribution < -0.4 is 15.8 Å². The Kier molecular flexibility index (Phi) is 4.83. The summed E-state index contributed by atoms with van der Waals surface area (Å²) in [6.45, 7) is 6.53. The highest BCUT2D eigenvalue weighted by Gasteiger charge is 2.19. The van der Waals surface area contributed by atoms with Gasteiger partial charge in [0.05, 0.1) is 7.11 Å². The van der Waals surface area contributed by atoms with Crippen LogP contribution in [0, 0.1) is 19.8 Å². The van der Waals surface area contributed by atoms with Crippen molar-refractivity contribution in [1.82, 2.24) is 5.32 Å². The molecule has 0 aromatic heterocycles. The molecule has 1 aromatic rings. The van der Waals surface area contributed by atoms with E-state index in [-0.39, 0.29) is 6.04 Å². The van der Waals surface area contributed by atoms with E-state index in [1.165, 1.54) is 29.5 Å². The Bertz CT molecular complexity index is 425. The molecule has 1 unspecified atom stereocenters. The molecule has 1 aliphatic heterocycles. The van der Waals surface area contributed by atoms with Crippen LogP contribution in [0.5, 0.6) is 5.75 Å². The Morgan fingerprint density at radius 1 is 1.26 bits per heavy atom. The second kappa shape index (κ2) is 6.40. The lowest BCUT2D eigenvalue weighted by atomic mass is 9.86. The first kappa shape index (κ1) is 14.4. The molecule has 0 radical (unpaired) electrons. The summed E-state index contributed by atoms with van der Waals surface area (Å²) >= 11 is 0. The lowest BCUT2D eigenvalue weighted by Crippen LogP contribution is -2.29. The number of hydrogen-bond acceptors (Lipinski definition) is 3. The number of methoxy groups -OCH3 is 1. The van der Waals surface area contributed by atoms with Crippen LogP contribution in [0.1, 0.15) is 42.0 Å². The second-order valence-corrected chi connectivity index (χ2v) is 5.64. The van der Waals surface area contributed by atoms with Crippen molar-refractivity contribution in [3.63, 3.8) is 0 Å². The van der Waals surface area contributed by atoms with Crippen molar-refractivity contribution in [3.05, 3.63) is 28.8 Å². The number of hydrogen-bond donors (Lipinski definition) is 2. The van der Waals surface area contributed by atoms with E-state index in [1.54, 1.807) is 7.11 Å². The number of ether oxygens (including phenoxy) is 1. The highest BCUT2D eigenvalue weighted by molar-refractivity contribution is 5.44. The number of nitrogens with two attached hydrogens (primary N) is 1. The molecule has 1 saturated heterocycles. The number of nitrogens with one attached hydrogen (secondary N) is 1. The maximum Gasteiger partial charge on any atom is 0.122 e. The molecule has 106 valence electrons. The van der Waals surface area contributed by atoms with Gasteiger partial charge in [-0.15, -0.1) is 0 Å². The van der Waals surface area contributed by atoms with E-state index in [4.69, 9.17) is 10.5 Å². The Morgan fingerprint density at radius 3 is 2.58 bits per heavy atom. The molecular weight excluding hydrogens is 236 g/mol. The zero-order valence-corrected chi connectivity index (χ0v) is 12.3. The molecule has 0 amide bonds. The van der Waals surface area contributed by atoms with Gasteiger partial charge in [-0.3, -0.25) is 0 Å². The molecule has 0 spiro atoms. The third kappa shape index (κ3) is 3.28. The molecule has 0 aliphatic carbocycles. The molecular formula is C16H26N2O. The highest BCUT2D eigenvalue weighted by Crippen LogP contribution is 2.31. The van der Waals surface area contributed by atoms with Crippen LogP contribution in [0.2, 0.25) is 0 Å². The normalized spacial score (nSPS) is 18.3. The minimum absolute atomic E-state index is 0.146. The van der Waals surface area contributed by atoms with Gasteiger partial charge in [-0.1, -0.05) is 6.07 Å². The molecule has 0 saturated carbocycles. The Balaban J connectivity index is 2.10. The molecule has 1 fully saturated rings. The number of benzene rings is 1. The maximum atomic E-state index is 6.43. The minimum atomic E-state index is 0.146. The van der Waals surface area contributed by atoms with Gasteiger partial charge < -0.3 is 15.8 Å². The van der Waals surface area contributed by atoms with E-state index < -0.39 is 0 Å². The summed E-state index contributed by atoms with van der Waals surface area (Å²) in [5, 5.41) is 3.41. The summed E-state index contributed by atoms with van der Waals surface area (Å²) in [6.07, 6.45) is 3.60. The number of piperidine rings is 1. The van der Waals surface area contributed by atoms with Crippen LogP contribution in [0.15, 0.2) is 12.1 Å². The summed E-state index contributed by atoms with van der Waals surface area (Å²) in [4.78, 5) is 0. The molecule has 1 atom stereocenters. The van der Waals surface area contributed by atoms with Gasteiger partial charge in [-0.05, 0) is 74.9 Å². The van der Waals surface area contributed by atoms with Crippen molar-refractivity contribution in [3.8, 4) is 5.75 Å². The monoisotopic (exact) mass is 262 g/mol. The first-order chi connectivity index (χ1) is 9.13. The lowest BCUT2D eigenvalue weighted by Gasteiger charge is -2.26. The fourth-order valence-corrected chi connectivity index (χ4v) is 3.04. The molecule has 2 rings (SSSR count). The predicted octanol–water partition coefficient (Wildman–Crippen LogP) is 2.70. The first-order valence-corrected chi connectivity index (χ1v) is 7.24. The van der Waals surface area contributed by atoms with E-state index >= 15 is 0 Å². The summed E-state index contributed by atoms with van der Waals surface area (Å²) < 4.78 is 5.36. The molecule has 19 heavy (non-hydrogen) atoms. The summed E-state index contributed by atoms with van der Waals surface area (Å²) in [7, 11) is 1.72. The highest BCUT2D eigenvalue weighted by atomic mass is 16.5. The van der Waals surface area contributed by atoms with Crippen molar-refractivity contribution in [1.29, 1.82) is 0 Å². The van der Waals surface area contributed by atoms with Crippen molar-refractivity contribution in [2.45, 2.75) is 39.2 Å². The van der Waals surface area contributed by atoms with Gasteiger partial charge in [0.2, 0.25) is 0 Å². The molecule has 3 N–H and O–H groups in total. The van der Waals surface area contributed by atoms with Crippen molar-refractivity contribution < 1.29 is 4.74 Å². The number of rotatable bonds is 4. The van der Waals surface area contributed by atoms with Gasteiger partial charge in [0, 0.05) is 6.04 Å². The third-order valence-corrected chi connectivity index (χ3v) is 4.44. The first-order valence-electron chi connectivity index (χ1n) is 7.24. The van der Waals surface area contributed by atoms with E-state index in [0.29, 0.717) is 0 Å². The SMILES string of the molecule is COc1ccc(C(N)CC2CCNCC2)c(C)c1C. The van der Waals surface area contributed by atoms with E-state index in [9.17, 15) is 0 Å². The van der Waals surface area contributed by atoms with Gasteiger partial charge in [-0.2, -0.15) is 0 Å². The Hall–Kier alpha value is -1.06. The topological polar surface area (TPSA) is 47.3 Å². The maximum absolute atomic E-state index is 6.43. The average Bonchev–Trinajstić information content (AvgIpc) is 2.42. The summed E-state index contributed by atoms with van der Waals surface area (Å²) in [5.74, 6) is 1.72. The predicted molar refractivity (Wildman–Crippen MR) is 79.6 cm³/mol. The third-order valence-electron chi connectivity index (χ3n) is 4.44. The van der Waals surface area contributed by atoms with Gasteiger partial charge in [0.15, 0.2) is 0 Å². The molecule has 1 aromatic carbocycles. The van der Waals surface area contributed by atoms with E-state index in [2.05, 4.69) is 25.2 Å². The van der Waals surface area contributed by atoms with Crippen LogP contribution in [0.3, 0.4) is 0 Å². The Morgan fingerprint density at radius 2 is 1.95 bits per heavy atom. The van der Waals surface area contributed by atoms with Gasteiger partial charge in [0.1, 0.15) is 5.75 Å². The lowest BCUT2D eigenvalue weighted by molar-refractivity contribution is 0.332. The van der Waals surface area contributed by atoms with Crippen LogP contribution in [-0.4, -0.2) is 20.2 Å². The molecule has 3 nitrogen and oxygen atoms in total. The Labute approximate surface area is 116 Å². The second-order valence-electron chi connectivity index (χ2n) is 5.64. The van der Waals surface area contributed by atoms with E-state index in [0.717, 1.165) is 31.2 Å². The van der Waals surface area contributed by atoms with Crippen LogP contribution in [-0.2, 0) is 0 Å². The van der Waals surface area contributed by atoms with Crippen molar-refractivity contribution >= 4 is 0 Å². The molecule has 1 heterocycles. The van der Waals surface area contributed by atoms with Crippen molar-refractivity contribution in [2.75, 3.05) is 20.2 Å². The quantitative estimate of drug-likeness (QED) is 0.877. The average molecular weight is 262 g/mol. The summed E-state index contributed by atoms with van der Waals surface area (Å²) in [5.41, 5.74) is 10.2. The largest absolute Gasteiger partial charge is 0.496 e. The van der Waals surface area contributed by atoms with Crippen molar-refractivity contribution in [2.24, 2.45) is 11.7 Å². The van der Waals surface area contributed by atoms with Gasteiger partial charge >= 0.3 is 0 Å². The molecule has 0 bridgehead atoms. The minimum Gasteiger partial charge on any atom is -0.496 e.